The van der Waals surface area contributed by atoms with Gasteiger partial charge in [-0.05, 0) is 61.2 Å². The SMILES string of the molecule is NC(=O)c1nc(-c2sc(Cl)cc2CNc2noc(CC3CCC3)n2)ncc1OC1CCCCC1. The van der Waals surface area contributed by atoms with Crippen LogP contribution < -0.4 is 15.8 Å². The summed E-state index contributed by atoms with van der Waals surface area (Å²) in [4.78, 5) is 26.2. The van der Waals surface area contributed by atoms with E-state index in [0.29, 0.717) is 40.2 Å². The van der Waals surface area contributed by atoms with Crippen molar-refractivity contribution in [3.05, 3.63) is 33.7 Å². The molecule has 0 unspecified atom stereocenters. The smallest absolute Gasteiger partial charge is 0.271 e. The Bertz CT molecular complexity index is 1160. The van der Waals surface area contributed by atoms with E-state index >= 15 is 0 Å². The third-order valence-electron chi connectivity index (χ3n) is 6.41. The maximum absolute atomic E-state index is 12.1. The van der Waals surface area contributed by atoms with Gasteiger partial charge in [-0.2, -0.15) is 4.98 Å². The van der Waals surface area contributed by atoms with Gasteiger partial charge in [-0.1, -0.05) is 24.4 Å². The van der Waals surface area contributed by atoms with E-state index in [2.05, 4.69) is 25.4 Å². The number of carbonyl (C=O) groups is 1. The van der Waals surface area contributed by atoms with Crippen molar-refractivity contribution in [3.8, 4) is 16.5 Å². The number of aromatic nitrogens is 4. The number of anilines is 1. The minimum atomic E-state index is -0.650. The monoisotopic (exact) mass is 502 g/mol. The van der Waals surface area contributed by atoms with E-state index in [4.69, 9.17) is 26.6 Å². The van der Waals surface area contributed by atoms with Crippen molar-refractivity contribution in [2.45, 2.75) is 70.4 Å². The first-order valence-corrected chi connectivity index (χ1v) is 12.9. The zero-order valence-corrected chi connectivity index (χ0v) is 20.3. The van der Waals surface area contributed by atoms with Crippen LogP contribution in [0.4, 0.5) is 5.95 Å². The number of amides is 1. The van der Waals surface area contributed by atoms with E-state index in [1.54, 1.807) is 0 Å². The zero-order chi connectivity index (χ0) is 23.5. The molecule has 3 aromatic heterocycles. The molecule has 3 N–H and O–H groups in total. The molecule has 9 nitrogen and oxygen atoms in total. The number of thiophene rings is 1. The summed E-state index contributed by atoms with van der Waals surface area (Å²) >= 11 is 7.64. The van der Waals surface area contributed by atoms with E-state index in [1.807, 2.05) is 6.07 Å². The molecule has 1 amide bonds. The van der Waals surface area contributed by atoms with Crippen LogP contribution in [0.15, 0.2) is 16.8 Å². The second-order valence-electron chi connectivity index (χ2n) is 8.92. The molecule has 0 radical (unpaired) electrons. The first-order valence-electron chi connectivity index (χ1n) is 11.7. The number of ether oxygens (including phenoxy) is 1. The van der Waals surface area contributed by atoms with Crippen LogP contribution in [0.5, 0.6) is 5.75 Å². The van der Waals surface area contributed by atoms with Crippen LogP contribution >= 0.6 is 22.9 Å². The molecule has 34 heavy (non-hydrogen) atoms. The molecule has 11 heteroatoms. The average Bonchev–Trinajstić information content (AvgIpc) is 3.41. The van der Waals surface area contributed by atoms with E-state index < -0.39 is 5.91 Å². The fourth-order valence-corrected chi connectivity index (χ4v) is 5.56. The Labute approximate surface area is 206 Å². The number of hydrogen-bond donors (Lipinski definition) is 2. The highest BCUT2D eigenvalue weighted by molar-refractivity contribution is 7.19. The minimum Gasteiger partial charge on any atom is -0.486 e. The molecule has 0 saturated heterocycles. The Kier molecular flexibility index (Phi) is 6.96. The molecule has 3 heterocycles. The molecule has 2 aliphatic carbocycles. The maximum Gasteiger partial charge on any atom is 0.271 e. The van der Waals surface area contributed by atoms with Crippen LogP contribution in [-0.2, 0) is 13.0 Å². The Balaban J connectivity index is 1.31. The van der Waals surface area contributed by atoms with E-state index in [9.17, 15) is 4.79 Å². The van der Waals surface area contributed by atoms with Crippen molar-refractivity contribution in [1.29, 1.82) is 0 Å². The summed E-state index contributed by atoms with van der Waals surface area (Å²) in [5.41, 5.74) is 6.56. The van der Waals surface area contributed by atoms with Crippen LogP contribution in [0, 0.1) is 5.92 Å². The van der Waals surface area contributed by atoms with Gasteiger partial charge in [0.05, 0.1) is 21.5 Å². The second kappa shape index (κ2) is 10.3. The number of rotatable bonds is 9. The minimum absolute atomic E-state index is 0.0568. The Morgan fingerprint density at radius 1 is 1.21 bits per heavy atom. The highest BCUT2D eigenvalue weighted by Gasteiger charge is 2.23. The number of carbonyl (C=O) groups excluding carboxylic acids is 1. The highest BCUT2D eigenvalue weighted by atomic mass is 35.5. The molecule has 2 aliphatic rings. The average molecular weight is 503 g/mol. The summed E-state index contributed by atoms with van der Waals surface area (Å²) in [5.74, 6) is 1.78. The van der Waals surface area contributed by atoms with Gasteiger partial charge in [0.25, 0.3) is 11.9 Å². The second-order valence-corrected chi connectivity index (χ2v) is 10.6. The number of hydrogen-bond acceptors (Lipinski definition) is 9. The van der Waals surface area contributed by atoms with Crippen LogP contribution in [0.25, 0.3) is 10.7 Å². The quantitative estimate of drug-likeness (QED) is 0.417. The number of nitrogens with two attached hydrogens (primary N) is 1. The van der Waals surface area contributed by atoms with Crippen LogP contribution in [0.2, 0.25) is 4.34 Å². The third kappa shape index (κ3) is 5.33. The van der Waals surface area contributed by atoms with Gasteiger partial charge in [-0.25, -0.2) is 9.97 Å². The van der Waals surface area contributed by atoms with Crippen molar-refractivity contribution in [2.75, 3.05) is 5.32 Å². The molecular formula is C23H27ClN6O3S. The Morgan fingerprint density at radius 3 is 2.76 bits per heavy atom. The molecule has 180 valence electrons. The van der Waals surface area contributed by atoms with Crippen molar-refractivity contribution >= 4 is 34.8 Å². The summed E-state index contributed by atoms with van der Waals surface area (Å²) < 4.78 is 12.0. The van der Waals surface area contributed by atoms with Crippen LogP contribution in [0.3, 0.4) is 0 Å². The van der Waals surface area contributed by atoms with E-state index in [0.717, 1.165) is 42.5 Å². The fraction of sp³-hybridized carbons (Fsp3) is 0.522. The fourth-order valence-electron chi connectivity index (χ4n) is 4.35. The maximum atomic E-state index is 12.1. The molecule has 2 fully saturated rings. The standard InChI is InChI=1S/C23H27ClN6O3S/c24-17-10-14(11-27-23-28-18(33-30-23)9-13-5-4-6-13)20(34-17)22-26-12-16(19(29-22)21(25)31)32-15-7-2-1-3-8-15/h10,12-13,15H,1-9,11H2,(H2,25,31)(H,27,30). The first kappa shape index (κ1) is 23.0. The van der Waals surface area contributed by atoms with Crippen molar-refractivity contribution in [3.63, 3.8) is 0 Å². The number of primary amides is 1. The topological polar surface area (TPSA) is 129 Å². The molecule has 2 saturated carbocycles. The van der Waals surface area contributed by atoms with Crippen LogP contribution in [0.1, 0.15) is 73.3 Å². The lowest BCUT2D eigenvalue weighted by molar-refractivity contribution is 0.0981. The molecule has 0 aromatic carbocycles. The normalized spacial score (nSPS) is 16.9. The summed E-state index contributed by atoms with van der Waals surface area (Å²) in [5, 5.41) is 7.20. The van der Waals surface area contributed by atoms with Gasteiger partial charge < -0.3 is 20.3 Å². The summed E-state index contributed by atoms with van der Waals surface area (Å²) in [6.07, 6.45) is 11.5. The van der Waals surface area contributed by atoms with Gasteiger partial charge in [0.15, 0.2) is 17.3 Å². The highest BCUT2D eigenvalue weighted by Crippen LogP contribution is 2.35. The molecule has 5 rings (SSSR count). The van der Waals surface area contributed by atoms with Crippen molar-refractivity contribution < 1.29 is 14.1 Å². The molecular weight excluding hydrogens is 476 g/mol. The van der Waals surface area contributed by atoms with E-state index in [1.165, 1.54) is 43.2 Å². The molecule has 0 atom stereocenters. The molecule has 0 aliphatic heterocycles. The van der Waals surface area contributed by atoms with Gasteiger partial charge in [0.2, 0.25) is 5.89 Å². The summed E-state index contributed by atoms with van der Waals surface area (Å²) in [6.45, 7) is 0.399. The molecule has 0 spiro atoms. The summed E-state index contributed by atoms with van der Waals surface area (Å²) in [7, 11) is 0. The van der Waals surface area contributed by atoms with Crippen LogP contribution in [-0.4, -0.2) is 32.1 Å². The van der Waals surface area contributed by atoms with Gasteiger partial charge in [0, 0.05) is 13.0 Å². The lowest BCUT2D eigenvalue weighted by Crippen LogP contribution is -2.23. The number of nitrogens with zero attached hydrogens (tertiary/aromatic N) is 4. The van der Waals surface area contributed by atoms with Gasteiger partial charge in [-0.15, -0.1) is 11.3 Å². The summed E-state index contributed by atoms with van der Waals surface area (Å²) in [6, 6.07) is 1.84. The zero-order valence-electron chi connectivity index (χ0n) is 18.8. The first-order chi connectivity index (χ1) is 16.5. The van der Waals surface area contributed by atoms with Gasteiger partial charge in [0.1, 0.15) is 0 Å². The predicted octanol–water partition coefficient (Wildman–Crippen LogP) is 5.01. The van der Waals surface area contributed by atoms with Crippen molar-refractivity contribution in [2.24, 2.45) is 11.7 Å². The lowest BCUT2D eigenvalue weighted by Gasteiger charge is -2.23. The number of halogens is 1. The molecule has 0 bridgehead atoms. The predicted molar refractivity (Wildman–Crippen MR) is 129 cm³/mol. The Hall–Kier alpha value is -2.72. The largest absolute Gasteiger partial charge is 0.486 e. The Morgan fingerprint density at radius 2 is 2.03 bits per heavy atom. The van der Waals surface area contributed by atoms with Gasteiger partial charge in [-0.3, -0.25) is 4.79 Å². The lowest BCUT2D eigenvalue weighted by atomic mass is 9.83. The van der Waals surface area contributed by atoms with Gasteiger partial charge >= 0.3 is 0 Å². The molecule has 3 aromatic rings. The third-order valence-corrected chi connectivity index (χ3v) is 7.71. The van der Waals surface area contributed by atoms with E-state index in [-0.39, 0.29) is 11.8 Å². The number of nitrogens with one attached hydrogen (secondary N) is 1. The van der Waals surface area contributed by atoms with Crippen molar-refractivity contribution in [1.82, 2.24) is 20.1 Å².